The van der Waals surface area contributed by atoms with Crippen LogP contribution in [0.2, 0.25) is 10.0 Å². The Balaban J connectivity index is 1.59. The van der Waals surface area contributed by atoms with Crippen molar-refractivity contribution in [3.63, 3.8) is 0 Å². The molecule has 1 N–H and O–H groups in total. The number of amides is 1. The van der Waals surface area contributed by atoms with Crippen molar-refractivity contribution in [3.8, 4) is 23.1 Å². The molecule has 0 bridgehead atoms. The molecule has 0 aliphatic heterocycles. The number of aromatic nitrogens is 2. The molecule has 0 saturated heterocycles. The van der Waals surface area contributed by atoms with E-state index >= 15 is 0 Å². The number of carbonyl (C=O) groups is 1. The van der Waals surface area contributed by atoms with E-state index in [-0.39, 0.29) is 5.57 Å². The molecule has 0 fully saturated rings. The lowest BCUT2D eigenvalue weighted by molar-refractivity contribution is -0.112. The number of nitriles is 1. The molecule has 0 saturated carbocycles. The predicted molar refractivity (Wildman–Crippen MR) is 125 cm³/mol. The van der Waals surface area contributed by atoms with Gasteiger partial charge in [0.25, 0.3) is 5.91 Å². The Kier molecular flexibility index (Phi) is 6.13. The number of benzene rings is 2. The minimum Gasteiger partial charge on any atom is -0.457 e. The molecule has 32 heavy (non-hydrogen) atoms. The maximum atomic E-state index is 12.8. The molecule has 0 radical (unpaired) electrons. The molecule has 4 aromatic rings. The summed E-state index contributed by atoms with van der Waals surface area (Å²) in [5.41, 5.74) is 2.00. The number of nitrogens with zero attached hydrogens (tertiary/aromatic N) is 3. The van der Waals surface area contributed by atoms with Gasteiger partial charge in [-0.2, -0.15) is 10.4 Å². The second-order valence-electron chi connectivity index (χ2n) is 6.87. The normalized spacial score (nSPS) is 11.2. The summed E-state index contributed by atoms with van der Waals surface area (Å²) in [6, 6.07) is 21.4. The molecule has 0 unspecified atom stereocenters. The number of hydrogen-bond donors (Lipinski definition) is 1. The van der Waals surface area contributed by atoms with E-state index in [1.807, 2.05) is 43.3 Å². The zero-order chi connectivity index (χ0) is 22.7. The Morgan fingerprint density at radius 1 is 1.12 bits per heavy atom. The van der Waals surface area contributed by atoms with Gasteiger partial charge < -0.3 is 9.73 Å². The zero-order valence-corrected chi connectivity index (χ0v) is 18.4. The quantitative estimate of drug-likeness (QED) is 0.278. The van der Waals surface area contributed by atoms with E-state index in [0.29, 0.717) is 32.9 Å². The number of anilines is 1. The first-order chi connectivity index (χ1) is 15.4. The number of furan rings is 1. The van der Waals surface area contributed by atoms with Crippen LogP contribution in [0.25, 0.3) is 23.1 Å². The highest BCUT2D eigenvalue weighted by atomic mass is 35.5. The third kappa shape index (κ3) is 4.59. The third-order valence-corrected chi connectivity index (χ3v) is 5.11. The van der Waals surface area contributed by atoms with Gasteiger partial charge in [0.2, 0.25) is 0 Å². The van der Waals surface area contributed by atoms with Crippen LogP contribution in [0.1, 0.15) is 11.5 Å². The van der Waals surface area contributed by atoms with Crippen LogP contribution in [0.3, 0.4) is 0 Å². The van der Waals surface area contributed by atoms with Crippen molar-refractivity contribution >= 4 is 41.0 Å². The van der Waals surface area contributed by atoms with Gasteiger partial charge in [-0.15, -0.1) is 0 Å². The van der Waals surface area contributed by atoms with Crippen molar-refractivity contribution in [3.05, 3.63) is 93.8 Å². The van der Waals surface area contributed by atoms with Crippen molar-refractivity contribution < 1.29 is 9.21 Å². The Morgan fingerprint density at radius 3 is 2.66 bits per heavy atom. The average Bonchev–Trinajstić information content (AvgIpc) is 3.40. The van der Waals surface area contributed by atoms with Crippen molar-refractivity contribution in [2.75, 3.05) is 5.32 Å². The Hall–Kier alpha value is -3.79. The fourth-order valence-electron chi connectivity index (χ4n) is 3.09. The van der Waals surface area contributed by atoms with Gasteiger partial charge in [-0.25, -0.2) is 4.68 Å². The van der Waals surface area contributed by atoms with Crippen LogP contribution < -0.4 is 5.32 Å². The van der Waals surface area contributed by atoms with Crippen LogP contribution in [-0.4, -0.2) is 15.7 Å². The fraction of sp³-hybridized carbons (Fsp3) is 0.0417. The van der Waals surface area contributed by atoms with E-state index in [1.54, 1.807) is 41.1 Å². The first kappa shape index (κ1) is 21.4. The van der Waals surface area contributed by atoms with Crippen LogP contribution in [0.4, 0.5) is 5.82 Å². The SMILES string of the molecule is Cc1cc(NC(=O)/C(C#N)=C\c2ccc(-c3cc(Cl)ccc3Cl)o2)n(-c2ccccc2)n1. The number of para-hydroxylation sites is 1. The summed E-state index contributed by atoms with van der Waals surface area (Å²) in [4.78, 5) is 12.8. The summed E-state index contributed by atoms with van der Waals surface area (Å²) in [5, 5.41) is 17.7. The lowest BCUT2D eigenvalue weighted by Crippen LogP contribution is -2.16. The topological polar surface area (TPSA) is 83.9 Å². The molecule has 4 rings (SSSR count). The van der Waals surface area contributed by atoms with Crippen molar-refractivity contribution in [2.24, 2.45) is 0 Å². The van der Waals surface area contributed by atoms with Crippen molar-refractivity contribution in [1.82, 2.24) is 9.78 Å². The Labute approximate surface area is 194 Å². The van der Waals surface area contributed by atoms with E-state index < -0.39 is 5.91 Å². The van der Waals surface area contributed by atoms with Crippen LogP contribution in [0, 0.1) is 18.3 Å². The molecule has 0 spiro atoms. The van der Waals surface area contributed by atoms with Gasteiger partial charge in [0.15, 0.2) is 0 Å². The molecular weight excluding hydrogens is 447 g/mol. The second kappa shape index (κ2) is 9.15. The summed E-state index contributed by atoms with van der Waals surface area (Å²) >= 11 is 12.3. The smallest absolute Gasteiger partial charge is 0.267 e. The molecule has 0 aliphatic rings. The highest BCUT2D eigenvalue weighted by Gasteiger charge is 2.16. The number of halogens is 2. The molecule has 0 atom stereocenters. The third-order valence-electron chi connectivity index (χ3n) is 4.55. The average molecular weight is 463 g/mol. The summed E-state index contributed by atoms with van der Waals surface area (Å²) in [6.45, 7) is 1.82. The monoisotopic (exact) mass is 462 g/mol. The summed E-state index contributed by atoms with van der Waals surface area (Å²) in [5.74, 6) is 0.670. The van der Waals surface area contributed by atoms with Gasteiger partial charge in [0, 0.05) is 22.7 Å². The van der Waals surface area contributed by atoms with Gasteiger partial charge in [-0.1, -0.05) is 41.4 Å². The minimum absolute atomic E-state index is 0.124. The lowest BCUT2D eigenvalue weighted by Gasteiger charge is -2.08. The van der Waals surface area contributed by atoms with Crippen LogP contribution >= 0.6 is 23.2 Å². The second-order valence-corrected chi connectivity index (χ2v) is 7.71. The molecule has 2 heterocycles. The van der Waals surface area contributed by atoms with Crippen LogP contribution in [-0.2, 0) is 4.79 Å². The van der Waals surface area contributed by atoms with E-state index in [0.717, 1.165) is 11.4 Å². The van der Waals surface area contributed by atoms with Gasteiger partial charge in [-0.05, 0) is 49.4 Å². The Morgan fingerprint density at radius 2 is 1.91 bits per heavy atom. The molecule has 1 amide bonds. The maximum Gasteiger partial charge on any atom is 0.267 e. The standard InChI is InChI=1S/C24H16Cl2N4O2/c1-15-11-23(30(29-15)18-5-3-2-4-6-18)28-24(31)16(14-27)12-19-8-10-22(32-19)20-13-17(25)7-9-21(20)26/h2-13H,1H3,(H,28,31)/b16-12-. The number of aryl methyl sites for hydroxylation is 1. The first-order valence-electron chi connectivity index (χ1n) is 9.55. The van der Waals surface area contributed by atoms with Crippen LogP contribution in [0.15, 0.2) is 76.7 Å². The van der Waals surface area contributed by atoms with Gasteiger partial charge in [0.05, 0.1) is 16.4 Å². The zero-order valence-electron chi connectivity index (χ0n) is 16.8. The molecule has 158 valence electrons. The number of rotatable bonds is 5. The molecule has 0 aliphatic carbocycles. The van der Waals surface area contributed by atoms with Crippen molar-refractivity contribution in [1.29, 1.82) is 5.26 Å². The number of nitrogens with one attached hydrogen (secondary N) is 1. The molecule has 2 aromatic carbocycles. The lowest BCUT2D eigenvalue weighted by atomic mass is 10.2. The van der Waals surface area contributed by atoms with Gasteiger partial charge in [-0.3, -0.25) is 4.79 Å². The Bertz CT molecular complexity index is 1360. The molecule has 2 aromatic heterocycles. The van der Waals surface area contributed by atoms with Crippen LogP contribution in [0.5, 0.6) is 0 Å². The van der Waals surface area contributed by atoms with Gasteiger partial charge in [0.1, 0.15) is 29.0 Å². The van der Waals surface area contributed by atoms with Crippen molar-refractivity contribution in [2.45, 2.75) is 6.92 Å². The largest absolute Gasteiger partial charge is 0.457 e. The minimum atomic E-state index is -0.580. The molecule has 8 heteroatoms. The van der Waals surface area contributed by atoms with E-state index in [1.165, 1.54) is 6.08 Å². The highest BCUT2D eigenvalue weighted by Crippen LogP contribution is 2.32. The summed E-state index contributed by atoms with van der Waals surface area (Å²) in [6.07, 6.45) is 1.37. The summed E-state index contributed by atoms with van der Waals surface area (Å²) < 4.78 is 7.37. The number of carbonyl (C=O) groups excluding carboxylic acids is 1. The van der Waals surface area contributed by atoms with E-state index in [9.17, 15) is 10.1 Å². The van der Waals surface area contributed by atoms with E-state index in [4.69, 9.17) is 27.6 Å². The highest BCUT2D eigenvalue weighted by molar-refractivity contribution is 6.35. The fourth-order valence-corrected chi connectivity index (χ4v) is 3.47. The van der Waals surface area contributed by atoms with Gasteiger partial charge >= 0.3 is 0 Å². The first-order valence-corrected chi connectivity index (χ1v) is 10.3. The molecule has 6 nitrogen and oxygen atoms in total. The number of hydrogen-bond acceptors (Lipinski definition) is 4. The summed E-state index contributed by atoms with van der Waals surface area (Å²) in [7, 11) is 0. The predicted octanol–water partition coefficient (Wildman–Crippen LogP) is 6.29. The maximum absolute atomic E-state index is 12.8. The van der Waals surface area contributed by atoms with E-state index in [2.05, 4.69) is 10.4 Å². The molecular formula is C24H16Cl2N4O2.